The molecule has 3 aromatic rings. The topological polar surface area (TPSA) is 38.3 Å². The molecule has 0 bridgehead atoms. The number of hydrogen-bond acceptors (Lipinski definition) is 2. The number of rotatable bonds is 3. The van der Waals surface area contributed by atoms with E-state index in [0.717, 1.165) is 10.8 Å². The lowest BCUT2D eigenvalue weighted by atomic mass is 10.0. The quantitative estimate of drug-likeness (QED) is 0.786. The molecule has 0 aliphatic heterocycles. The first-order valence-corrected chi connectivity index (χ1v) is 7.11. The highest BCUT2D eigenvalue weighted by Gasteiger charge is 2.14. The summed E-state index contributed by atoms with van der Waals surface area (Å²) in [5, 5.41) is 4.66. The SMILES string of the molecule is [CH]c1cccc(NC(=O)c2cc3ccc([CH])cc3cc2OC)c1. The van der Waals surface area contributed by atoms with Crippen LogP contribution in [0, 0.1) is 13.8 Å². The molecule has 0 spiro atoms. The van der Waals surface area contributed by atoms with Crippen molar-refractivity contribution < 1.29 is 9.53 Å². The van der Waals surface area contributed by atoms with Crippen LogP contribution in [0.1, 0.15) is 21.5 Å². The van der Waals surface area contributed by atoms with Gasteiger partial charge in [-0.2, -0.15) is 0 Å². The molecule has 0 aliphatic rings. The third kappa shape index (κ3) is 3.19. The Morgan fingerprint density at radius 1 is 0.957 bits per heavy atom. The predicted octanol–water partition coefficient (Wildman–Crippen LogP) is 4.22. The lowest BCUT2D eigenvalue weighted by Gasteiger charge is -2.12. The molecule has 0 fully saturated rings. The van der Waals surface area contributed by atoms with E-state index in [1.54, 1.807) is 42.5 Å². The van der Waals surface area contributed by atoms with Crippen molar-refractivity contribution in [1.29, 1.82) is 0 Å². The van der Waals surface area contributed by atoms with E-state index < -0.39 is 0 Å². The normalized spacial score (nSPS) is 10.6. The summed E-state index contributed by atoms with van der Waals surface area (Å²) in [7, 11) is 1.53. The fraction of sp³-hybridized carbons (Fsp3) is 0.0500. The van der Waals surface area contributed by atoms with E-state index in [-0.39, 0.29) is 5.91 Å². The van der Waals surface area contributed by atoms with Crippen LogP contribution in [-0.2, 0) is 0 Å². The molecular weight excluding hydrogens is 286 g/mol. The largest absolute Gasteiger partial charge is 0.496 e. The molecule has 0 unspecified atom stereocenters. The van der Waals surface area contributed by atoms with Crippen LogP contribution in [0.5, 0.6) is 5.75 Å². The average molecular weight is 301 g/mol. The Morgan fingerprint density at radius 3 is 2.48 bits per heavy atom. The second-order valence-corrected chi connectivity index (χ2v) is 5.24. The van der Waals surface area contributed by atoms with Crippen molar-refractivity contribution in [2.75, 3.05) is 12.4 Å². The first-order chi connectivity index (χ1) is 11.1. The first kappa shape index (κ1) is 15.1. The molecule has 3 heteroatoms. The molecule has 4 radical (unpaired) electrons. The number of carbonyl (C=O) groups is 1. The van der Waals surface area contributed by atoms with Gasteiger partial charge in [0.1, 0.15) is 5.75 Å². The van der Waals surface area contributed by atoms with Gasteiger partial charge in [-0.25, -0.2) is 0 Å². The summed E-state index contributed by atoms with van der Waals surface area (Å²) in [6.07, 6.45) is 0. The number of ether oxygens (including phenoxy) is 1. The van der Waals surface area contributed by atoms with Crippen molar-refractivity contribution in [2.24, 2.45) is 0 Å². The number of benzene rings is 3. The Balaban J connectivity index is 2.00. The summed E-state index contributed by atoms with van der Waals surface area (Å²) < 4.78 is 5.35. The highest BCUT2D eigenvalue weighted by molar-refractivity contribution is 6.08. The molecule has 3 nitrogen and oxygen atoms in total. The minimum absolute atomic E-state index is 0.258. The summed E-state index contributed by atoms with van der Waals surface area (Å²) in [6, 6.07) is 16.1. The Kier molecular flexibility index (Phi) is 4.02. The van der Waals surface area contributed by atoms with Gasteiger partial charge in [0.15, 0.2) is 0 Å². The summed E-state index contributed by atoms with van der Waals surface area (Å²) >= 11 is 0. The van der Waals surface area contributed by atoms with Crippen molar-refractivity contribution in [3.8, 4) is 5.75 Å². The molecule has 0 aromatic heterocycles. The van der Waals surface area contributed by atoms with Crippen molar-refractivity contribution in [3.63, 3.8) is 0 Å². The zero-order valence-corrected chi connectivity index (χ0v) is 12.7. The molecule has 0 aliphatic carbocycles. The third-order valence-corrected chi connectivity index (χ3v) is 3.57. The van der Waals surface area contributed by atoms with Crippen molar-refractivity contribution >= 4 is 22.4 Å². The Labute approximate surface area is 135 Å². The van der Waals surface area contributed by atoms with Crippen molar-refractivity contribution in [2.45, 2.75) is 0 Å². The van der Waals surface area contributed by atoms with Crippen LogP contribution in [0.2, 0.25) is 0 Å². The summed E-state index contributed by atoms with van der Waals surface area (Å²) in [5.41, 5.74) is 2.34. The Bertz CT molecular complexity index is 884. The lowest BCUT2D eigenvalue weighted by molar-refractivity contribution is 0.102. The van der Waals surface area contributed by atoms with Crippen LogP contribution >= 0.6 is 0 Å². The summed E-state index contributed by atoms with van der Waals surface area (Å²) in [5.74, 6) is 0.232. The second kappa shape index (κ2) is 6.13. The fourth-order valence-electron chi connectivity index (χ4n) is 2.46. The zero-order chi connectivity index (χ0) is 16.4. The van der Waals surface area contributed by atoms with E-state index in [9.17, 15) is 4.79 Å². The minimum atomic E-state index is -0.258. The average Bonchev–Trinajstić information content (AvgIpc) is 2.53. The molecule has 3 aromatic carbocycles. The number of nitrogens with one attached hydrogen (secondary N) is 1. The van der Waals surface area contributed by atoms with Gasteiger partial charge in [0.2, 0.25) is 0 Å². The molecular formula is C20H15NO2. The maximum absolute atomic E-state index is 12.6. The molecule has 1 N–H and O–H groups in total. The van der Waals surface area contributed by atoms with Crippen LogP contribution < -0.4 is 10.1 Å². The number of amides is 1. The molecule has 112 valence electrons. The minimum Gasteiger partial charge on any atom is -0.496 e. The van der Waals surface area contributed by atoms with Crippen LogP contribution in [0.3, 0.4) is 0 Å². The summed E-state index contributed by atoms with van der Waals surface area (Å²) in [6.45, 7) is 11.5. The van der Waals surface area contributed by atoms with Crippen LogP contribution in [0.25, 0.3) is 10.8 Å². The number of fused-ring (bicyclic) bond motifs is 1. The second-order valence-electron chi connectivity index (χ2n) is 5.24. The Hall–Kier alpha value is -2.81. The summed E-state index contributed by atoms with van der Waals surface area (Å²) in [4.78, 5) is 12.6. The van der Waals surface area contributed by atoms with Gasteiger partial charge in [-0.3, -0.25) is 4.79 Å². The molecule has 0 heterocycles. The maximum Gasteiger partial charge on any atom is 0.259 e. The third-order valence-electron chi connectivity index (χ3n) is 3.57. The number of anilines is 1. The number of methoxy groups -OCH3 is 1. The van der Waals surface area contributed by atoms with E-state index >= 15 is 0 Å². The van der Waals surface area contributed by atoms with Crippen molar-refractivity contribution in [3.05, 3.63) is 85.1 Å². The first-order valence-electron chi connectivity index (χ1n) is 7.11. The van der Waals surface area contributed by atoms with Gasteiger partial charge >= 0.3 is 0 Å². The van der Waals surface area contributed by atoms with Gasteiger partial charge in [-0.05, 0) is 60.0 Å². The molecule has 0 saturated heterocycles. The van der Waals surface area contributed by atoms with Gasteiger partial charge in [0.05, 0.1) is 12.7 Å². The van der Waals surface area contributed by atoms with Gasteiger partial charge in [-0.15, -0.1) is 0 Å². The smallest absolute Gasteiger partial charge is 0.259 e. The molecule has 0 saturated carbocycles. The highest BCUT2D eigenvalue weighted by atomic mass is 16.5. The predicted molar refractivity (Wildman–Crippen MR) is 91.7 cm³/mol. The van der Waals surface area contributed by atoms with Crippen LogP contribution in [0.4, 0.5) is 5.69 Å². The van der Waals surface area contributed by atoms with E-state index in [0.29, 0.717) is 28.1 Å². The Morgan fingerprint density at radius 2 is 1.74 bits per heavy atom. The van der Waals surface area contributed by atoms with Gasteiger partial charge in [0, 0.05) is 5.69 Å². The van der Waals surface area contributed by atoms with Crippen LogP contribution in [0.15, 0.2) is 54.6 Å². The zero-order valence-electron chi connectivity index (χ0n) is 12.7. The van der Waals surface area contributed by atoms with Gasteiger partial charge < -0.3 is 10.1 Å². The molecule has 3 rings (SSSR count). The molecule has 1 amide bonds. The highest BCUT2D eigenvalue weighted by Crippen LogP contribution is 2.27. The monoisotopic (exact) mass is 301 g/mol. The van der Waals surface area contributed by atoms with E-state index in [1.165, 1.54) is 7.11 Å². The van der Waals surface area contributed by atoms with E-state index in [1.807, 2.05) is 12.1 Å². The van der Waals surface area contributed by atoms with E-state index in [2.05, 4.69) is 5.32 Å². The maximum atomic E-state index is 12.6. The van der Waals surface area contributed by atoms with Crippen LogP contribution in [-0.4, -0.2) is 13.0 Å². The van der Waals surface area contributed by atoms with Gasteiger partial charge in [0.25, 0.3) is 5.91 Å². The number of hydrogen-bond donors (Lipinski definition) is 1. The van der Waals surface area contributed by atoms with Gasteiger partial charge in [-0.1, -0.05) is 30.3 Å². The fourth-order valence-corrected chi connectivity index (χ4v) is 2.46. The molecule has 23 heavy (non-hydrogen) atoms. The standard InChI is InChI=1S/C20H15NO2/c1-13-5-4-6-17(10-13)21-20(22)18-11-15-8-7-14(2)9-16(15)12-19(18)23-3/h1-2,4-12H,3H3,(H,21,22). The lowest BCUT2D eigenvalue weighted by Crippen LogP contribution is -2.13. The van der Waals surface area contributed by atoms with Crippen molar-refractivity contribution in [1.82, 2.24) is 0 Å². The number of carbonyl (C=O) groups excluding carboxylic acids is 1. The van der Waals surface area contributed by atoms with E-state index in [4.69, 9.17) is 18.6 Å². The molecule has 0 atom stereocenters.